The van der Waals surface area contributed by atoms with Crippen molar-refractivity contribution in [1.82, 2.24) is 4.90 Å². The second-order valence-electron chi connectivity index (χ2n) is 6.97. The summed E-state index contributed by atoms with van der Waals surface area (Å²) in [6.45, 7) is 1.07. The Morgan fingerprint density at radius 3 is 2.57 bits per heavy atom. The van der Waals surface area contributed by atoms with Gasteiger partial charge >= 0.3 is 5.97 Å². The number of terminal acetylenes is 1. The third-order valence-corrected chi connectivity index (χ3v) is 5.47. The SMILES string of the molecule is C#CCC1(C(=O)OC)CCCN(C(=O)C2CCC3(CC2)N=N3)C1. The number of nitrogens with zero attached hydrogens (tertiary/aromatic N) is 3. The maximum absolute atomic E-state index is 12.8. The van der Waals surface area contributed by atoms with Gasteiger partial charge in [0.15, 0.2) is 5.66 Å². The number of hydrogen-bond donors (Lipinski definition) is 0. The van der Waals surface area contributed by atoms with Crippen LogP contribution >= 0.6 is 0 Å². The van der Waals surface area contributed by atoms with E-state index in [4.69, 9.17) is 11.2 Å². The number of carbonyl (C=O) groups is 2. The molecule has 3 rings (SSSR count). The quantitative estimate of drug-likeness (QED) is 0.591. The average molecular weight is 317 g/mol. The number of carbonyl (C=O) groups excluding carboxylic acids is 2. The summed E-state index contributed by atoms with van der Waals surface area (Å²) < 4.78 is 4.96. The summed E-state index contributed by atoms with van der Waals surface area (Å²) in [5, 5.41) is 8.20. The highest BCUT2D eigenvalue weighted by molar-refractivity contribution is 5.82. The zero-order valence-electron chi connectivity index (χ0n) is 13.6. The summed E-state index contributed by atoms with van der Waals surface area (Å²) in [5.41, 5.74) is -0.896. The first-order valence-corrected chi connectivity index (χ1v) is 8.29. The van der Waals surface area contributed by atoms with Gasteiger partial charge in [0.25, 0.3) is 0 Å². The van der Waals surface area contributed by atoms with E-state index in [1.54, 1.807) is 0 Å². The summed E-state index contributed by atoms with van der Waals surface area (Å²) in [6.07, 6.45) is 10.6. The van der Waals surface area contributed by atoms with Gasteiger partial charge in [-0.15, -0.1) is 12.3 Å². The van der Waals surface area contributed by atoms with E-state index in [9.17, 15) is 9.59 Å². The van der Waals surface area contributed by atoms with Crippen molar-refractivity contribution in [3.05, 3.63) is 0 Å². The van der Waals surface area contributed by atoms with Crippen LogP contribution in [0.5, 0.6) is 0 Å². The molecule has 0 N–H and O–H groups in total. The van der Waals surface area contributed by atoms with Crippen LogP contribution < -0.4 is 0 Å². The van der Waals surface area contributed by atoms with E-state index in [2.05, 4.69) is 16.1 Å². The minimum atomic E-state index is -0.742. The zero-order chi connectivity index (χ0) is 16.5. The summed E-state index contributed by atoms with van der Waals surface area (Å²) in [5.74, 6) is 2.45. The van der Waals surface area contributed by atoms with Gasteiger partial charge in [0.1, 0.15) is 0 Å². The van der Waals surface area contributed by atoms with Crippen molar-refractivity contribution in [3.63, 3.8) is 0 Å². The van der Waals surface area contributed by atoms with Crippen LogP contribution in [0.3, 0.4) is 0 Å². The van der Waals surface area contributed by atoms with Crippen LogP contribution in [-0.2, 0) is 14.3 Å². The molecule has 23 heavy (non-hydrogen) atoms. The van der Waals surface area contributed by atoms with Crippen molar-refractivity contribution in [2.24, 2.45) is 21.6 Å². The summed E-state index contributed by atoms with van der Waals surface area (Å²) in [7, 11) is 1.38. The van der Waals surface area contributed by atoms with Gasteiger partial charge in [-0.25, -0.2) is 0 Å². The molecule has 6 nitrogen and oxygen atoms in total. The lowest BCUT2D eigenvalue weighted by atomic mass is 9.76. The lowest BCUT2D eigenvalue weighted by Gasteiger charge is -2.41. The van der Waals surface area contributed by atoms with Gasteiger partial charge in [-0.1, -0.05) is 0 Å². The molecule has 1 saturated heterocycles. The summed E-state index contributed by atoms with van der Waals surface area (Å²) >= 11 is 0. The van der Waals surface area contributed by atoms with Crippen LogP contribution in [0.1, 0.15) is 44.9 Å². The van der Waals surface area contributed by atoms with E-state index in [0.717, 1.165) is 32.1 Å². The molecule has 3 aliphatic rings. The number of esters is 1. The number of piperidine rings is 1. The van der Waals surface area contributed by atoms with Crippen LogP contribution in [-0.4, -0.2) is 42.6 Å². The molecule has 1 saturated carbocycles. The Hall–Kier alpha value is -1.90. The first kappa shape index (κ1) is 16.0. The van der Waals surface area contributed by atoms with Gasteiger partial charge in [0, 0.05) is 25.4 Å². The van der Waals surface area contributed by atoms with Crippen molar-refractivity contribution in [3.8, 4) is 12.3 Å². The average Bonchev–Trinajstić information content (AvgIpc) is 3.33. The molecule has 0 aromatic carbocycles. The molecular weight excluding hydrogens is 294 g/mol. The normalized spacial score (nSPS) is 29.1. The predicted octanol–water partition coefficient (Wildman–Crippen LogP) is 2.14. The fourth-order valence-electron chi connectivity index (χ4n) is 3.97. The maximum atomic E-state index is 12.8. The van der Waals surface area contributed by atoms with Crippen molar-refractivity contribution in [2.75, 3.05) is 20.2 Å². The van der Waals surface area contributed by atoms with E-state index >= 15 is 0 Å². The zero-order valence-corrected chi connectivity index (χ0v) is 13.6. The molecule has 0 bridgehead atoms. The Morgan fingerprint density at radius 2 is 2.00 bits per heavy atom. The molecule has 6 heteroatoms. The molecule has 124 valence electrons. The number of hydrogen-bond acceptors (Lipinski definition) is 5. The molecule has 1 atom stereocenters. The van der Waals surface area contributed by atoms with Crippen LogP contribution in [0, 0.1) is 23.7 Å². The van der Waals surface area contributed by atoms with Crippen molar-refractivity contribution >= 4 is 11.9 Å². The fraction of sp³-hybridized carbons (Fsp3) is 0.765. The fourth-order valence-corrected chi connectivity index (χ4v) is 3.97. The molecule has 1 unspecified atom stereocenters. The first-order chi connectivity index (χ1) is 11.0. The molecule has 1 aliphatic carbocycles. The van der Waals surface area contributed by atoms with Gasteiger partial charge in [0.05, 0.1) is 12.5 Å². The lowest BCUT2D eigenvalue weighted by molar-refractivity contribution is -0.159. The van der Waals surface area contributed by atoms with E-state index in [0.29, 0.717) is 25.9 Å². The molecule has 1 amide bonds. The summed E-state index contributed by atoms with van der Waals surface area (Å²) in [4.78, 5) is 26.9. The van der Waals surface area contributed by atoms with Gasteiger partial charge in [0.2, 0.25) is 5.91 Å². The second-order valence-corrected chi connectivity index (χ2v) is 6.97. The number of likely N-dealkylation sites (tertiary alicyclic amines) is 1. The van der Waals surface area contributed by atoms with Gasteiger partial charge in [-0.05, 0) is 38.5 Å². The second kappa shape index (κ2) is 5.95. The maximum Gasteiger partial charge on any atom is 0.314 e. The monoisotopic (exact) mass is 317 g/mol. The van der Waals surface area contributed by atoms with Gasteiger partial charge < -0.3 is 9.64 Å². The molecule has 1 spiro atoms. The molecule has 0 aromatic rings. The van der Waals surface area contributed by atoms with Crippen LogP contribution in [0.4, 0.5) is 0 Å². The Balaban J connectivity index is 1.66. The Kier molecular flexibility index (Phi) is 4.13. The lowest BCUT2D eigenvalue weighted by Crippen LogP contribution is -2.52. The van der Waals surface area contributed by atoms with Crippen molar-refractivity contribution in [1.29, 1.82) is 0 Å². The van der Waals surface area contributed by atoms with Gasteiger partial charge in [-0.3, -0.25) is 9.59 Å². The minimum Gasteiger partial charge on any atom is -0.469 e. The number of rotatable bonds is 3. The smallest absolute Gasteiger partial charge is 0.314 e. The molecule has 2 aliphatic heterocycles. The topological polar surface area (TPSA) is 71.3 Å². The van der Waals surface area contributed by atoms with Crippen LogP contribution in [0.2, 0.25) is 0 Å². The standard InChI is InChI=1S/C17H23N3O3/c1-3-7-16(15(22)23-2)8-4-11-20(12-16)14(21)13-5-9-17(10-6-13)18-19-17/h1,13H,4-12H2,2H3. The van der Waals surface area contributed by atoms with E-state index < -0.39 is 5.41 Å². The number of methoxy groups -OCH3 is 1. The highest BCUT2D eigenvalue weighted by Crippen LogP contribution is 2.45. The summed E-state index contributed by atoms with van der Waals surface area (Å²) in [6, 6.07) is 0. The third kappa shape index (κ3) is 2.97. The molecule has 0 radical (unpaired) electrons. The molecule has 2 fully saturated rings. The Bertz CT molecular complexity index is 564. The Morgan fingerprint density at radius 1 is 1.30 bits per heavy atom. The van der Waals surface area contributed by atoms with Crippen LogP contribution in [0.15, 0.2) is 10.2 Å². The van der Waals surface area contributed by atoms with Crippen molar-refractivity contribution in [2.45, 2.75) is 50.6 Å². The third-order valence-electron chi connectivity index (χ3n) is 5.47. The highest BCUT2D eigenvalue weighted by atomic mass is 16.5. The predicted molar refractivity (Wildman–Crippen MR) is 83.3 cm³/mol. The van der Waals surface area contributed by atoms with Crippen LogP contribution in [0.25, 0.3) is 0 Å². The molecule has 0 aromatic heterocycles. The van der Waals surface area contributed by atoms with Crippen molar-refractivity contribution < 1.29 is 14.3 Å². The Labute approximate surface area is 136 Å². The number of ether oxygens (including phenoxy) is 1. The largest absolute Gasteiger partial charge is 0.469 e. The number of amides is 1. The molecule has 2 heterocycles. The first-order valence-electron chi connectivity index (χ1n) is 8.29. The van der Waals surface area contributed by atoms with E-state index in [1.165, 1.54) is 7.11 Å². The van der Waals surface area contributed by atoms with E-state index in [-0.39, 0.29) is 23.5 Å². The highest BCUT2D eigenvalue weighted by Gasteiger charge is 2.48. The van der Waals surface area contributed by atoms with Gasteiger partial charge in [-0.2, -0.15) is 10.2 Å². The minimum absolute atomic E-state index is 0.0194. The van der Waals surface area contributed by atoms with E-state index in [1.807, 2.05) is 4.90 Å². The molecular formula is C17H23N3O3.